The van der Waals surface area contributed by atoms with Crippen LogP contribution in [0.4, 0.5) is 0 Å². The summed E-state index contributed by atoms with van der Waals surface area (Å²) in [6.45, 7) is 4.76. The van der Waals surface area contributed by atoms with Crippen molar-refractivity contribution >= 4 is 16.7 Å². The molecule has 0 radical (unpaired) electrons. The van der Waals surface area contributed by atoms with Crippen LogP contribution in [0.15, 0.2) is 30.5 Å². The van der Waals surface area contributed by atoms with Crippen LogP contribution in [0, 0.1) is 0 Å². The number of aryl methyl sites for hydroxylation is 1. The molecular formula is C13H15NO. The van der Waals surface area contributed by atoms with Crippen molar-refractivity contribution in [2.24, 2.45) is 0 Å². The molecule has 0 N–H and O–H groups in total. The van der Waals surface area contributed by atoms with E-state index in [0.717, 1.165) is 24.0 Å². The molecule has 0 atom stereocenters. The maximum atomic E-state index is 11.3. The summed E-state index contributed by atoms with van der Waals surface area (Å²) in [6.07, 6.45) is 3.19. The van der Waals surface area contributed by atoms with E-state index in [-0.39, 0.29) is 5.78 Å². The Labute approximate surface area is 89.5 Å². The number of hydrogen-bond donors (Lipinski definition) is 0. The van der Waals surface area contributed by atoms with E-state index in [0.29, 0.717) is 0 Å². The second-order valence-electron chi connectivity index (χ2n) is 3.84. The number of ketones is 1. The zero-order valence-electron chi connectivity index (χ0n) is 9.16. The SMILES string of the molecule is CCCn1ccc2ccc(C(C)=O)cc21. The van der Waals surface area contributed by atoms with Crippen LogP contribution in [-0.2, 0) is 6.54 Å². The highest BCUT2D eigenvalue weighted by molar-refractivity contribution is 5.97. The standard InChI is InChI=1S/C13H15NO/c1-3-7-14-8-6-11-4-5-12(10(2)15)9-13(11)14/h4-6,8-9H,3,7H2,1-2H3. The summed E-state index contributed by atoms with van der Waals surface area (Å²) in [6, 6.07) is 7.97. The van der Waals surface area contributed by atoms with Crippen LogP contribution < -0.4 is 0 Å². The maximum absolute atomic E-state index is 11.3. The minimum Gasteiger partial charge on any atom is -0.347 e. The first kappa shape index (κ1) is 9.97. The molecule has 0 bridgehead atoms. The Hall–Kier alpha value is -1.57. The van der Waals surface area contributed by atoms with E-state index >= 15 is 0 Å². The van der Waals surface area contributed by atoms with Crippen LogP contribution in [0.1, 0.15) is 30.6 Å². The second-order valence-corrected chi connectivity index (χ2v) is 3.84. The predicted octanol–water partition coefficient (Wildman–Crippen LogP) is 3.25. The molecule has 2 nitrogen and oxygen atoms in total. The third-order valence-corrected chi connectivity index (χ3v) is 2.64. The van der Waals surface area contributed by atoms with Crippen LogP contribution in [0.3, 0.4) is 0 Å². The van der Waals surface area contributed by atoms with Gasteiger partial charge in [0.25, 0.3) is 0 Å². The number of nitrogens with zero attached hydrogens (tertiary/aromatic N) is 1. The molecule has 2 heteroatoms. The molecule has 1 aromatic carbocycles. The van der Waals surface area contributed by atoms with Gasteiger partial charge in [-0.1, -0.05) is 19.1 Å². The molecule has 0 saturated heterocycles. The van der Waals surface area contributed by atoms with Gasteiger partial charge in [0, 0.05) is 23.8 Å². The molecule has 0 saturated carbocycles. The number of benzene rings is 1. The number of Topliss-reactive ketones (excluding diaryl/α,β-unsaturated/α-hetero) is 1. The number of carbonyl (C=O) groups excluding carboxylic acids is 1. The first-order chi connectivity index (χ1) is 7.22. The molecule has 0 aliphatic rings. The van der Waals surface area contributed by atoms with E-state index in [9.17, 15) is 4.79 Å². The van der Waals surface area contributed by atoms with Gasteiger partial charge in [-0.25, -0.2) is 0 Å². The Kier molecular flexibility index (Phi) is 2.58. The third kappa shape index (κ3) is 1.80. The lowest BCUT2D eigenvalue weighted by molar-refractivity contribution is 0.101. The third-order valence-electron chi connectivity index (χ3n) is 2.64. The van der Waals surface area contributed by atoms with Gasteiger partial charge in [0.05, 0.1) is 0 Å². The molecule has 0 aliphatic heterocycles. The van der Waals surface area contributed by atoms with Crippen molar-refractivity contribution < 1.29 is 4.79 Å². The van der Waals surface area contributed by atoms with E-state index in [2.05, 4.69) is 23.8 Å². The Morgan fingerprint density at radius 1 is 1.33 bits per heavy atom. The van der Waals surface area contributed by atoms with Crippen molar-refractivity contribution in [2.75, 3.05) is 0 Å². The Morgan fingerprint density at radius 2 is 2.13 bits per heavy atom. The van der Waals surface area contributed by atoms with Crippen LogP contribution in [0.5, 0.6) is 0 Å². The maximum Gasteiger partial charge on any atom is 0.159 e. The lowest BCUT2D eigenvalue weighted by atomic mass is 10.1. The van der Waals surface area contributed by atoms with Crippen molar-refractivity contribution in [1.29, 1.82) is 0 Å². The smallest absolute Gasteiger partial charge is 0.159 e. The normalized spacial score (nSPS) is 10.8. The lowest BCUT2D eigenvalue weighted by Crippen LogP contribution is -1.96. The average molecular weight is 201 g/mol. The van der Waals surface area contributed by atoms with Crippen molar-refractivity contribution in [3.05, 3.63) is 36.0 Å². The minimum absolute atomic E-state index is 0.126. The lowest BCUT2D eigenvalue weighted by Gasteiger charge is -2.03. The second kappa shape index (κ2) is 3.89. The predicted molar refractivity (Wildman–Crippen MR) is 62.2 cm³/mol. The van der Waals surface area contributed by atoms with Gasteiger partial charge < -0.3 is 4.57 Å². The van der Waals surface area contributed by atoms with E-state index in [4.69, 9.17) is 0 Å². The van der Waals surface area contributed by atoms with E-state index < -0.39 is 0 Å². The Balaban J connectivity index is 2.56. The molecule has 15 heavy (non-hydrogen) atoms. The monoisotopic (exact) mass is 201 g/mol. The summed E-state index contributed by atoms with van der Waals surface area (Å²) in [4.78, 5) is 11.3. The average Bonchev–Trinajstić information content (AvgIpc) is 2.61. The van der Waals surface area contributed by atoms with Gasteiger partial charge in [-0.15, -0.1) is 0 Å². The number of fused-ring (bicyclic) bond motifs is 1. The molecule has 2 aromatic rings. The minimum atomic E-state index is 0.126. The van der Waals surface area contributed by atoms with Crippen LogP contribution >= 0.6 is 0 Å². The highest BCUT2D eigenvalue weighted by Gasteiger charge is 2.04. The molecule has 0 amide bonds. The largest absolute Gasteiger partial charge is 0.347 e. The molecule has 0 aliphatic carbocycles. The highest BCUT2D eigenvalue weighted by atomic mass is 16.1. The van der Waals surface area contributed by atoms with Gasteiger partial charge in [0.1, 0.15) is 0 Å². The number of hydrogen-bond acceptors (Lipinski definition) is 1. The first-order valence-corrected chi connectivity index (χ1v) is 5.32. The topological polar surface area (TPSA) is 22.0 Å². The molecule has 1 heterocycles. The van der Waals surface area contributed by atoms with E-state index in [1.807, 2.05) is 18.2 Å². The van der Waals surface area contributed by atoms with E-state index in [1.54, 1.807) is 6.92 Å². The highest BCUT2D eigenvalue weighted by Crippen LogP contribution is 2.18. The van der Waals surface area contributed by atoms with Crippen molar-refractivity contribution in [3.63, 3.8) is 0 Å². The van der Waals surface area contributed by atoms with Gasteiger partial charge in [0.2, 0.25) is 0 Å². The quantitative estimate of drug-likeness (QED) is 0.699. The van der Waals surface area contributed by atoms with Gasteiger partial charge >= 0.3 is 0 Å². The molecule has 1 aromatic heterocycles. The summed E-state index contributed by atoms with van der Waals surface area (Å²) in [5.41, 5.74) is 1.95. The van der Waals surface area contributed by atoms with Gasteiger partial charge in [-0.2, -0.15) is 0 Å². The number of aromatic nitrogens is 1. The van der Waals surface area contributed by atoms with Crippen LogP contribution in [0.2, 0.25) is 0 Å². The van der Waals surface area contributed by atoms with Crippen molar-refractivity contribution in [3.8, 4) is 0 Å². The summed E-state index contributed by atoms with van der Waals surface area (Å²) in [7, 11) is 0. The fraction of sp³-hybridized carbons (Fsp3) is 0.308. The van der Waals surface area contributed by atoms with E-state index in [1.165, 1.54) is 5.39 Å². The first-order valence-electron chi connectivity index (χ1n) is 5.32. The van der Waals surface area contributed by atoms with Gasteiger partial charge in [-0.3, -0.25) is 4.79 Å². The van der Waals surface area contributed by atoms with Crippen molar-refractivity contribution in [1.82, 2.24) is 4.57 Å². The summed E-state index contributed by atoms with van der Waals surface area (Å²) < 4.78 is 2.20. The zero-order chi connectivity index (χ0) is 10.8. The Bertz CT molecular complexity index is 496. The van der Waals surface area contributed by atoms with Crippen LogP contribution in [0.25, 0.3) is 10.9 Å². The number of rotatable bonds is 3. The molecule has 0 unspecified atom stereocenters. The molecule has 0 fully saturated rings. The summed E-state index contributed by atoms with van der Waals surface area (Å²) >= 11 is 0. The molecule has 78 valence electrons. The summed E-state index contributed by atoms with van der Waals surface area (Å²) in [5.74, 6) is 0.126. The molecule has 2 rings (SSSR count). The van der Waals surface area contributed by atoms with Gasteiger partial charge in [-0.05, 0) is 30.9 Å². The Morgan fingerprint density at radius 3 is 2.80 bits per heavy atom. The van der Waals surface area contributed by atoms with Crippen molar-refractivity contribution in [2.45, 2.75) is 26.8 Å². The summed E-state index contributed by atoms with van der Waals surface area (Å²) in [5, 5.41) is 1.20. The van der Waals surface area contributed by atoms with Crippen LogP contribution in [-0.4, -0.2) is 10.4 Å². The zero-order valence-corrected chi connectivity index (χ0v) is 9.16. The van der Waals surface area contributed by atoms with Gasteiger partial charge in [0.15, 0.2) is 5.78 Å². The number of carbonyl (C=O) groups is 1. The fourth-order valence-electron chi connectivity index (χ4n) is 1.84. The molecule has 0 spiro atoms. The fourth-order valence-corrected chi connectivity index (χ4v) is 1.84. The molecular weight excluding hydrogens is 186 g/mol.